The van der Waals surface area contributed by atoms with Crippen LogP contribution in [0.15, 0.2) is 18.3 Å². The molecular weight excluding hydrogens is 247 g/mol. The highest BCUT2D eigenvalue weighted by atomic mass is 35.5. The fourth-order valence-corrected chi connectivity index (χ4v) is 1.64. The Hall–Kier alpha value is -1.26. The number of hydrogen-bond donors (Lipinski definition) is 1. The van der Waals surface area contributed by atoms with E-state index in [2.05, 4.69) is 10.1 Å². The second-order valence-electron chi connectivity index (χ2n) is 3.40. The second kappa shape index (κ2) is 4.31. The van der Waals surface area contributed by atoms with Gasteiger partial charge < -0.3 is 5.73 Å². The van der Waals surface area contributed by atoms with Gasteiger partial charge in [-0.3, -0.25) is 4.68 Å². The van der Waals surface area contributed by atoms with E-state index >= 15 is 0 Å². The summed E-state index contributed by atoms with van der Waals surface area (Å²) < 4.78 is 1.73. The minimum Gasteiger partial charge on any atom is -0.384 e. The molecule has 16 heavy (non-hydrogen) atoms. The molecule has 2 N–H and O–H groups in total. The molecule has 0 unspecified atom stereocenters. The molecule has 0 atom stereocenters. The molecule has 4 nitrogen and oxygen atoms in total. The monoisotopic (exact) mass is 256 g/mol. The molecule has 0 saturated heterocycles. The van der Waals surface area contributed by atoms with Gasteiger partial charge in [0.05, 0.1) is 34.2 Å². The van der Waals surface area contributed by atoms with Crippen molar-refractivity contribution in [3.63, 3.8) is 0 Å². The maximum absolute atomic E-state index is 6.01. The summed E-state index contributed by atoms with van der Waals surface area (Å²) in [6.07, 6.45) is 1.59. The molecule has 0 aliphatic rings. The second-order valence-corrected chi connectivity index (χ2v) is 4.21. The Morgan fingerprint density at radius 2 is 2.06 bits per heavy atom. The van der Waals surface area contributed by atoms with Crippen molar-refractivity contribution in [3.8, 4) is 0 Å². The fourth-order valence-electron chi connectivity index (χ4n) is 1.34. The van der Waals surface area contributed by atoms with Crippen molar-refractivity contribution >= 4 is 29.0 Å². The number of hydrogen-bond acceptors (Lipinski definition) is 3. The summed E-state index contributed by atoms with van der Waals surface area (Å²) in [5, 5.41) is 5.32. The smallest absolute Gasteiger partial charge is 0.123 e. The first kappa shape index (κ1) is 11.2. The predicted molar refractivity (Wildman–Crippen MR) is 64.7 cm³/mol. The lowest BCUT2D eigenvalue weighted by molar-refractivity contribution is 0.653. The summed E-state index contributed by atoms with van der Waals surface area (Å²) in [7, 11) is 0. The molecule has 2 heterocycles. The SMILES string of the molecule is Cc1c(Cl)cnn1Cc1nc(N)ccc1Cl. The molecule has 0 aromatic carbocycles. The summed E-state index contributed by atoms with van der Waals surface area (Å²) in [5.41, 5.74) is 7.16. The van der Waals surface area contributed by atoms with E-state index in [1.54, 1.807) is 23.0 Å². The van der Waals surface area contributed by atoms with E-state index in [-0.39, 0.29) is 0 Å². The van der Waals surface area contributed by atoms with Crippen LogP contribution in [0.4, 0.5) is 5.82 Å². The number of anilines is 1. The van der Waals surface area contributed by atoms with Crippen molar-refractivity contribution in [2.24, 2.45) is 0 Å². The number of nitrogens with two attached hydrogens (primary N) is 1. The Labute approximate surface area is 103 Å². The quantitative estimate of drug-likeness (QED) is 0.899. The Bertz CT molecular complexity index is 522. The summed E-state index contributed by atoms with van der Waals surface area (Å²) in [4.78, 5) is 4.16. The van der Waals surface area contributed by atoms with Crippen molar-refractivity contribution < 1.29 is 0 Å². The lowest BCUT2D eigenvalue weighted by Gasteiger charge is -2.06. The van der Waals surface area contributed by atoms with Gasteiger partial charge in [-0.15, -0.1) is 0 Å². The van der Waals surface area contributed by atoms with Gasteiger partial charge in [-0.25, -0.2) is 4.98 Å². The molecule has 6 heteroatoms. The van der Waals surface area contributed by atoms with Crippen LogP contribution in [-0.2, 0) is 6.54 Å². The third-order valence-electron chi connectivity index (χ3n) is 2.28. The Morgan fingerprint density at radius 1 is 1.31 bits per heavy atom. The van der Waals surface area contributed by atoms with Crippen LogP contribution in [-0.4, -0.2) is 14.8 Å². The van der Waals surface area contributed by atoms with Gasteiger partial charge in [-0.2, -0.15) is 5.10 Å². The molecule has 0 spiro atoms. The van der Waals surface area contributed by atoms with Gasteiger partial charge in [0.15, 0.2) is 0 Å². The van der Waals surface area contributed by atoms with Gasteiger partial charge in [0.1, 0.15) is 5.82 Å². The van der Waals surface area contributed by atoms with Crippen LogP contribution in [0.1, 0.15) is 11.4 Å². The van der Waals surface area contributed by atoms with Gasteiger partial charge >= 0.3 is 0 Å². The van der Waals surface area contributed by atoms with E-state index in [9.17, 15) is 0 Å². The van der Waals surface area contributed by atoms with Crippen LogP contribution < -0.4 is 5.73 Å². The van der Waals surface area contributed by atoms with Gasteiger partial charge in [-0.1, -0.05) is 23.2 Å². The molecule has 0 radical (unpaired) electrons. The highest BCUT2D eigenvalue weighted by molar-refractivity contribution is 6.31. The number of rotatable bonds is 2. The average molecular weight is 257 g/mol. The summed E-state index contributed by atoms with van der Waals surface area (Å²) in [6.45, 7) is 2.35. The third kappa shape index (κ3) is 2.13. The number of nitrogens with zero attached hydrogens (tertiary/aromatic N) is 3. The van der Waals surface area contributed by atoms with Crippen molar-refractivity contribution in [2.45, 2.75) is 13.5 Å². The molecule has 2 aromatic rings. The van der Waals surface area contributed by atoms with Crippen molar-refractivity contribution in [3.05, 3.63) is 39.8 Å². The highest BCUT2D eigenvalue weighted by Crippen LogP contribution is 2.19. The van der Waals surface area contributed by atoms with Gasteiger partial charge in [0, 0.05) is 0 Å². The summed E-state index contributed by atoms with van der Waals surface area (Å²) in [5.74, 6) is 0.440. The molecule has 84 valence electrons. The molecule has 0 fully saturated rings. The molecular formula is C10H10Cl2N4. The zero-order chi connectivity index (χ0) is 11.7. The maximum Gasteiger partial charge on any atom is 0.123 e. The molecule has 2 rings (SSSR count). The van der Waals surface area contributed by atoms with Crippen molar-refractivity contribution in [1.82, 2.24) is 14.8 Å². The van der Waals surface area contributed by atoms with E-state index in [4.69, 9.17) is 28.9 Å². The fraction of sp³-hybridized carbons (Fsp3) is 0.200. The number of halogens is 2. The standard InChI is InChI=1S/C10H10Cl2N4/c1-6-8(12)4-14-16(6)5-9-7(11)2-3-10(13)15-9/h2-4H,5H2,1H3,(H2,13,15). The van der Waals surface area contributed by atoms with Crippen molar-refractivity contribution in [1.29, 1.82) is 0 Å². The Morgan fingerprint density at radius 3 is 2.69 bits per heavy atom. The van der Waals surface area contributed by atoms with Crippen LogP contribution in [0.25, 0.3) is 0 Å². The Kier molecular flexibility index (Phi) is 3.03. The van der Waals surface area contributed by atoms with Crippen LogP contribution in [0.5, 0.6) is 0 Å². The van der Waals surface area contributed by atoms with Gasteiger partial charge in [0.2, 0.25) is 0 Å². The summed E-state index contributed by atoms with van der Waals surface area (Å²) in [6, 6.07) is 3.38. The largest absolute Gasteiger partial charge is 0.384 e. The molecule has 2 aromatic heterocycles. The van der Waals surface area contributed by atoms with E-state index in [1.165, 1.54) is 0 Å². The lowest BCUT2D eigenvalue weighted by atomic mass is 10.3. The molecule has 0 aliphatic heterocycles. The first-order valence-electron chi connectivity index (χ1n) is 4.66. The van der Waals surface area contributed by atoms with Crippen LogP contribution in [0, 0.1) is 6.92 Å². The van der Waals surface area contributed by atoms with Crippen molar-refractivity contribution in [2.75, 3.05) is 5.73 Å². The normalized spacial score (nSPS) is 10.7. The van der Waals surface area contributed by atoms with Crippen LogP contribution >= 0.6 is 23.2 Å². The molecule has 0 aliphatic carbocycles. The van der Waals surface area contributed by atoms with Crippen LogP contribution in [0.2, 0.25) is 10.0 Å². The Balaban J connectivity index is 2.33. The van der Waals surface area contributed by atoms with E-state index in [1.807, 2.05) is 6.92 Å². The molecule has 0 bridgehead atoms. The highest BCUT2D eigenvalue weighted by Gasteiger charge is 2.08. The minimum absolute atomic E-state index is 0.440. The van der Waals surface area contributed by atoms with E-state index in [0.717, 1.165) is 5.69 Å². The van der Waals surface area contributed by atoms with E-state index < -0.39 is 0 Å². The minimum atomic E-state index is 0.440. The first-order valence-corrected chi connectivity index (χ1v) is 5.42. The zero-order valence-electron chi connectivity index (χ0n) is 8.61. The topological polar surface area (TPSA) is 56.7 Å². The third-order valence-corrected chi connectivity index (χ3v) is 3.00. The van der Waals surface area contributed by atoms with E-state index in [0.29, 0.717) is 28.1 Å². The number of pyridine rings is 1. The number of aromatic nitrogens is 3. The first-order chi connectivity index (χ1) is 7.58. The number of nitrogen functional groups attached to an aromatic ring is 1. The van der Waals surface area contributed by atoms with Gasteiger partial charge in [0.25, 0.3) is 0 Å². The molecule has 0 saturated carbocycles. The lowest BCUT2D eigenvalue weighted by Crippen LogP contribution is -2.07. The summed E-state index contributed by atoms with van der Waals surface area (Å²) >= 11 is 11.9. The van der Waals surface area contributed by atoms with Gasteiger partial charge in [-0.05, 0) is 19.1 Å². The molecule has 0 amide bonds. The maximum atomic E-state index is 6.01. The average Bonchev–Trinajstić information content (AvgIpc) is 2.55. The predicted octanol–water partition coefficient (Wildman–Crippen LogP) is 2.52. The zero-order valence-corrected chi connectivity index (χ0v) is 10.1. The van der Waals surface area contributed by atoms with Crippen LogP contribution in [0.3, 0.4) is 0 Å².